The van der Waals surface area contributed by atoms with E-state index in [4.69, 9.17) is 16.7 Å². The van der Waals surface area contributed by atoms with Gasteiger partial charge < -0.3 is 5.11 Å². The van der Waals surface area contributed by atoms with Crippen LogP contribution in [0.3, 0.4) is 0 Å². The highest BCUT2D eigenvalue weighted by Gasteiger charge is 2.30. The Labute approximate surface area is 196 Å². The van der Waals surface area contributed by atoms with Gasteiger partial charge in [-0.15, -0.1) is 0 Å². The zero-order chi connectivity index (χ0) is 22.6. The van der Waals surface area contributed by atoms with Gasteiger partial charge in [0.2, 0.25) is 0 Å². The molecule has 0 bridgehead atoms. The van der Waals surface area contributed by atoms with Crippen LogP contribution in [0.5, 0.6) is 0 Å². The Kier molecular flexibility index (Phi) is 5.70. The summed E-state index contributed by atoms with van der Waals surface area (Å²) in [5, 5.41) is 23.2. The molecule has 160 valence electrons. The van der Waals surface area contributed by atoms with Crippen LogP contribution in [0.25, 0.3) is 28.5 Å². The lowest BCUT2D eigenvalue weighted by atomic mass is 10.2. The van der Waals surface area contributed by atoms with Crippen molar-refractivity contribution >= 4 is 17.5 Å². The number of hydrogen-bond acceptors (Lipinski definition) is 3. The maximum absolute atomic E-state index is 13.1. The van der Waals surface area contributed by atoms with E-state index in [2.05, 4.69) is 5.10 Å². The van der Waals surface area contributed by atoms with Crippen molar-refractivity contribution in [2.75, 3.05) is 0 Å². The second-order valence-corrected chi connectivity index (χ2v) is 7.79. The number of para-hydroxylation sites is 1. The summed E-state index contributed by atoms with van der Waals surface area (Å²) in [5.74, 6) is 0.829. The smallest absolute Gasteiger partial charge is 0.342 e. The molecule has 0 N–H and O–H groups in total. The average Bonchev–Trinajstić information content (AvgIpc) is 3.25. The molecule has 0 saturated heterocycles. The molecular weight excluding hydrogens is 432 g/mol. The predicted octanol–water partition coefficient (Wildman–Crippen LogP) is 4.72. The highest BCUT2D eigenvalue weighted by Crippen LogP contribution is 2.26. The van der Waals surface area contributed by atoms with Gasteiger partial charge in [-0.2, -0.15) is 0 Å². The summed E-state index contributed by atoms with van der Waals surface area (Å²) in [6.07, 6.45) is 0. The van der Waals surface area contributed by atoms with Crippen LogP contribution in [0.2, 0.25) is 5.02 Å². The van der Waals surface area contributed by atoms with Crippen LogP contribution < -0.4 is 9.79 Å². The maximum atomic E-state index is 13.1. The van der Waals surface area contributed by atoms with Crippen LogP contribution in [-0.4, -0.2) is 15.7 Å². The minimum atomic E-state index is -0.361. The molecule has 0 radical (unpaired) electrons. The summed E-state index contributed by atoms with van der Waals surface area (Å²) in [4.78, 5) is 0. The Morgan fingerprint density at radius 2 is 1.30 bits per heavy atom. The zero-order valence-corrected chi connectivity index (χ0v) is 18.3. The fourth-order valence-electron chi connectivity index (χ4n) is 3.56. The monoisotopic (exact) mass is 450 g/mol. The molecule has 5 nitrogen and oxygen atoms in total. The molecule has 0 spiro atoms. The lowest BCUT2D eigenvalue weighted by Crippen LogP contribution is -2.35. The van der Waals surface area contributed by atoms with E-state index in [9.17, 15) is 5.11 Å². The minimum Gasteiger partial charge on any atom is -0.856 e. The predicted molar refractivity (Wildman–Crippen MR) is 128 cm³/mol. The van der Waals surface area contributed by atoms with Crippen LogP contribution in [0.15, 0.2) is 120 Å². The minimum absolute atomic E-state index is 0.361. The molecule has 0 fully saturated rings. The van der Waals surface area contributed by atoms with E-state index in [1.165, 1.54) is 0 Å². The van der Waals surface area contributed by atoms with Crippen molar-refractivity contribution < 1.29 is 9.79 Å². The highest BCUT2D eigenvalue weighted by atomic mass is 35.5. The van der Waals surface area contributed by atoms with Gasteiger partial charge in [0.15, 0.2) is 5.69 Å². The second-order valence-electron chi connectivity index (χ2n) is 7.35. The van der Waals surface area contributed by atoms with Crippen molar-refractivity contribution in [2.45, 2.75) is 0 Å². The Hall–Kier alpha value is -4.22. The van der Waals surface area contributed by atoms with Gasteiger partial charge in [-0.25, -0.2) is 0 Å². The third-order valence-electron chi connectivity index (χ3n) is 5.14. The molecule has 1 aromatic heterocycles. The molecule has 0 unspecified atom stereocenters. The van der Waals surface area contributed by atoms with Crippen LogP contribution >= 0.6 is 11.6 Å². The average molecular weight is 451 g/mol. The van der Waals surface area contributed by atoms with E-state index in [0.717, 1.165) is 16.8 Å². The van der Waals surface area contributed by atoms with E-state index in [-0.39, 0.29) is 5.90 Å². The maximum Gasteiger partial charge on any atom is 0.342 e. The Morgan fingerprint density at radius 1 is 0.727 bits per heavy atom. The van der Waals surface area contributed by atoms with Gasteiger partial charge in [0, 0.05) is 16.5 Å². The highest BCUT2D eigenvalue weighted by molar-refractivity contribution is 6.30. The Morgan fingerprint density at radius 3 is 1.94 bits per heavy atom. The van der Waals surface area contributed by atoms with Gasteiger partial charge in [-0.3, -0.25) is 0 Å². The second kappa shape index (κ2) is 9.10. The number of aromatic nitrogens is 3. The molecule has 4 aromatic carbocycles. The Bertz CT molecular complexity index is 1400. The van der Waals surface area contributed by atoms with E-state index >= 15 is 0 Å². The van der Waals surface area contributed by atoms with Crippen molar-refractivity contribution in [3.8, 4) is 28.5 Å². The van der Waals surface area contributed by atoms with Gasteiger partial charge in [0.05, 0.1) is 5.56 Å². The summed E-state index contributed by atoms with van der Waals surface area (Å²) in [6, 6.07) is 35.9. The normalized spacial score (nSPS) is 11.5. The third kappa shape index (κ3) is 4.27. The molecule has 0 aliphatic heterocycles. The van der Waals surface area contributed by atoms with Crippen LogP contribution in [0.1, 0.15) is 5.56 Å². The molecule has 33 heavy (non-hydrogen) atoms. The van der Waals surface area contributed by atoms with E-state index in [1.807, 2.05) is 91.0 Å². The molecule has 0 aliphatic carbocycles. The molecule has 5 aromatic rings. The SMILES string of the molecule is [O-]/C(=N\n1c(-c2ccc(Cl)cc2)n[n+](-c2ccccc2)c1-c1ccccc1)c1ccccc1. The lowest BCUT2D eigenvalue weighted by molar-refractivity contribution is -0.645. The quantitative estimate of drug-likeness (QED) is 0.221. The van der Waals surface area contributed by atoms with Gasteiger partial charge in [0.25, 0.3) is 5.82 Å². The standard InChI is InChI=1S/C27H19ClN4O/c28-23-18-16-20(17-19-23)25-29-31(24-14-8-3-9-15-24)27(22-12-6-2-7-13-22)32(25)30-26(33)21-10-4-1-5-11-21/h1-19H. The number of halogens is 1. The van der Waals surface area contributed by atoms with E-state index < -0.39 is 0 Å². The summed E-state index contributed by atoms with van der Waals surface area (Å²) < 4.78 is 3.42. The zero-order valence-electron chi connectivity index (χ0n) is 17.5. The van der Waals surface area contributed by atoms with Crippen LogP contribution in [0, 0.1) is 0 Å². The number of rotatable bonds is 5. The number of hydrogen-bond donors (Lipinski definition) is 0. The van der Waals surface area contributed by atoms with Crippen molar-refractivity contribution in [3.63, 3.8) is 0 Å². The molecule has 1 heterocycles. The molecule has 0 aliphatic rings. The first-order chi connectivity index (χ1) is 16.2. The molecule has 5 rings (SSSR count). The summed E-state index contributed by atoms with van der Waals surface area (Å²) in [7, 11) is 0. The van der Waals surface area contributed by atoms with Crippen molar-refractivity contribution in [1.82, 2.24) is 9.77 Å². The molecule has 0 amide bonds. The van der Waals surface area contributed by atoms with Crippen molar-refractivity contribution in [2.24, 2.45) is 5.10 Å². The van der Waals surface area contributed by atoms with Crippen molar-refractivity contribution in [3.05, 3.63) is 126 Å². The van der Waals surface area contributed by atoms with E-state index in [0.29, 0.717) is 22.2 Å². The molecule has 6 heteroatoms. The molecule has 0 atom stereocenters. The fraction of sp³-hybridized carbons (Fsp3) is 0. The first kappa shape index (κ1) is 20.7. The third-order valence-corrected chi connectivity index (χ3v) is 5.40. The van der Waals surface area contributed by atoms with Crippen molar-refractivity contribution in [1.29, 1.82) is 0 Å². The van der Waals surface area contributed by atoms with Crippen LogP contribution in [0.4, 0.5) is 0 Å². The van der Waals surface area contributed by atoms with Gasteiger partial charge in [-0.1, -0.05) is 92.8 Å². The summed E-state index contributed by atoms with van der Waals surface area (Å²) >= 11 is 6.12. The first-order valence-electron chi connectivity index (χ1n) is 10.4. The fourth-order valence-corrected chi connectivity index (χ4v) is 3.68. The summed E-state index contributed by atoms with van der Waals surface area (Å²) in [5.41, 5.74) is 3.01. The van der Waals surface area contributed by atoms with Gasteiger partial charge in [0.1, 0.15) is 0 Å². The van der Waals surface area contributed by atoms with Crippen LogP contribution in [-0.2, 0) is 0 Å². The molecular formula is C27H19ClN4O. The first-order valence-corrected chi connectivity index (χ1v) is 10.8. The largest absolute Gasteiger partial charge is 0.856 e. The summed E-state index contributed by atoms with van der Waals surface area (Å²) in [6.45, 7) is 0. The van der Waals surface area contributed by atoms with Gasteiger partial charge in [-0.05, 0) is 59.2 Å². The topological polar surface area (TPSA) is 57.1 Å². The molecule has 0 saturated carbocycles. The lowest BCUT2D eigenvalue weighted by Gasteiger charge is -2.09. The number of benzene rings is 4. The Balaban J connectivity index is 1.82. The van der Waals surface area contributed by atoms with Gasteiger partial charge >= 0.3 is 5.82 Å². The number of nitrogens with zero attached hydrogens (tertiary/aromatic N) is 4. The van der Waals surface area contributed by atoms with E-state index in [1.54, 1.807) is 33.6 Å².